The van der Waals surface area contributed by atoms with Crippen LogP contribution in [-0.2, 0) is 56.9 Å². The summed E-state index contributed by atoms with van der Waals surface area (Å²) in [5, 5.41) is 38.8. The van der Waals surface area contributed by atoms with Gasteiger partial charge in [0.1, 0.15) is 36.3 Å². The van der Waals surface area contributed by atoms with E-state index < -0.39 is 104 Å². The molecule has 0 aliphatic carbocycles. The number of carbonyl (C=O) groups excluding carboxylic acids is 1. The van der Waals surface area contributed by atoms with Crippen molar-refractivity contribution in [2.45, 2.75) is 270 Å². The van der Waals surface area contributed by atoms with Gasteiger partial charge in [0, 0.05) is 71.0 Å². The number of fused-ring (bicyclic) bond motifs is 6. The molecule has 75 heavy (non-hydrogen) atoms. The molecule has 0 saturated carbocycles. The number of halogens is 6. The third-order valence-corrected chi connectivity index (χ3v) is 18.0. The van der Waals surface area contributed by atoms with Crippen LogP contribution in [0, 0.1) is 17.8 Å². The first-order chi connectivity index (χ1) is 35.4. The standard InChI is InChI=1S/C41H57F3O12.C12H21F3O4/c1-18-11-22-5-7-27-19(2)12-24(49-27)9-10-40-17-32-35(55-40)36-37(54-32)38(56-40)34-28(53-36)8-6-23(51-34)13-21(45)14-25-30(16-29(50-22)20(18)3)52-31(33(25)48-4)15-26(46)39(47)41(42,43)44;1-4-8-6(2)10(18-3)9(19-8)5-7(16)11(17)12(13,14)15/h18,22-39,46-47H,2-3,5-17H2,1,4H3;6-11,16-17H,4-5H2,1-3H3. The lowest BCUT2D eigenvalue weighted by molar-refractivity contribution is -0.292. The minimum atomic E-state index is -5.02. The molecule has 0 radical (unpaired) electrons. The Hall–Kier alpha value is -1.87. The van der Waals surface area contributed by atoms with Crippen molar-refractivity contribution in [3.05, 3.63) is 24.3 Å². The summed E-state index contributed by atoms with van der Waals surface area (Å²) >= 11 is 0. The Kier molecular flexibility index (Phi) is 17.7. The second-order valence-corrected chi connectivity index (χ2v) is 23.1. The van der Waals surface area contributed by atoms with Gasteiger partial charge in [0.05, 0.1) is 91.6 Å². The lowest BCUT2D eigenvalue weighted by Crippen LogP contribution is -2.61. The fourth-order valence-corrected chi connectivity index (χ4v) is 14.1. The van der Waals surface area contributed by atoms with E-state index in [1.165, 1.54) is 14.2 Å². The summed E-state index contributed by atoms with van der Waals surface area (Å²) < 4.78 is 147. The summed E-state index contributed by atoms with van der Waals surface area (Å²) in [4.78, 5) is 14.1. The highest BCUT2D eigenvalue weighted by Gasteiger charge is 2.69. The van der Waals surface area contributed by atoms with Crippen LogP contribution in [0.15, 0.2) is 24.3 Å². The number of hydrogen-bond acceptors (Lipinski definition) is 16. The minimum absolute atomic E-state index is 0.0105. The minimum Gasteiger partial charge on any atom is -0.390 e. The summed E-state index contributed by atoms with van der Waals surface area (Å²) in [6, 6.07) is 0. The number of rotatable bonds is 9. The predicted octanol–water partition coefficient (Wildman–Crippen LogP) is 5.89. The van der Waals surface area contributed by atoms with Gasteiger partial charge in [-0.3, -0.25) is 4.79 Å². The lowest BCUT2D eigenvalue weighted by atomic mass is 9.81. The Morgan fingerprint density at radius 2 is 1.23 bits per heavy atom. The van der Waals surface area contributed by atoms with Gasteiger partial charge in [-0.1, -0.05) is 33.9 Å². The zero-order valence-electron chi connectivity index (χ0n) is 43.4. The summed E-state index contributed by atoms with van der Waals surface area (Å²) in [6.07, 6.45) is -19.9. The molecule has 0 aromatic rings. The van der Waals surface area contributed by atoms with Crippen LogP contribution in [0.4, 0.5) is 26.3 Å². The highest BCUT2D eigenvalue weighted by molar-refractivity contribution is 5.79. The average Bonchev–Trinajstić information content (AvgIpc) is 4.10. The smallest absolute Gasteiger partial charge is 0.390 e. The van der Waals surface area contributed by atoms with E-state index in [-0.39, 0.29) is 97.9 Å². The molecule has 12 bridgehead atoms. The number of ether oxygens (including phenoxy) is 11. The zero-order valence-corrected chi connectivity index (χ0v) is 43.4. The number of aliphatic hydroxyl groups is 4. The van der Waals surface area contributed by atoms with Crippen molar-refractivity contribution in [1.82, 2.24) is 0 Å². The highest BCUT2D eigenvalue weighted by Crippen LogP contribution is 2.55. The molecule has 26 atom stereocenters. The molecule has 11 heterocycles. The maximum atomic E-state index is 14.1. The summed E-state index contributed by atoms with van der Waals surface area (Å²) in [5.41, 5.74) is 1.95. The molecule has 11 aliphatic rings. The largest absolute Gasteiger partial charge is 0.416 e. The number of alkyl halides is 6. The Bertz CT molecular complexity index is 2000. The molecule has 11 aliphatic heterocycles. The maximum absolute atomic E-state index is 14.1. The van der Waals surface area contributed by atoms with Crippen molar-refractivity contribution in [2.75, 3.05) is 14.2 Å². The number of aliphatic hydroxyl groups excluding tert-OH is 4. The first-order valence-corrected chi connectivity index (χ1v) is 27.1. The molecule has 0 amide bonds. The van der Waals surface area contributed by atoms with Gasteiger partial charge in [0.25, 0.3) is 0 Å². The van der Waals surface area contributed by atoms with Crippen LogP contribution < -0.4 is 0 Å². The van der Waals surface area contributed by atoms with Gasteiger partial charge in [-0.25, -0.2) is 0 Å². The van der Waals surface area contributed by atoms with Gasteiger partial charge in [-0.15, -0.1) is 0 Å². The fourth-order valence-electron chi connectivity index (χ4n) is 14.1. The molecule has 428 valence electrons. The van der Waals surface area contributed by atoms with Gasteiger partial charge in [0.15, 0.2) is 18.0 Å². The predicted molar refractivity (Wildman–Crippen MR) is 251 cm³/mol. The number of carbonyl (C=O) groups is 1. The van der Waals surface area contributed by atoms with E-state index in [2.05, 4.69) is 20.1 Å². The van der Waals surface area contributed by atoms with Crippen molar-refractivity contribution in [2.24, 2.45) is 17.8 Å². The normalized spacial score (nSPS) is 46.6. The Labute approximate surface area is 434 Å². The van der Waals surface area contributed by atoms with Crippen molar-refractivity contribution < 1.29 is 104 Å². The van der Waals surface area contributed by atoms with E-state index in [4.69, 9.17) is 57.2 Å². The Morgan fingerprint density at radius 1 is 0.627 bits per heavy atom. The lowest BCUT2D eigenvalue weighted by Gasteiger charge is -2.47. The number of Topliss-reactive ketones (excluding diaryl/α,β-unsaturated/α-hetero) is 1. The van der Waals surface area contributed by atoms with E-state index in [0.717, 1.165) is 49.7 Å². The molecule has 0 aromatic carbocycles. The average molecular weight is 1090 g/mol. The second-order valence-electron chi connectivity index (χ2n) is 23.1. The topological polar surface area (TPSA) is 200 Å². The van der Waals surface area contributed by atoms with Gasteiger partial charge in [-0.05, 0) is 68.4 Å². The monoisotopic (exact) mass is 1080 g/mol. The maximum Gasteiger partial charge on any atom is 0.416 e. The molecule has 11 fully saturated rings. The molecule has 0 aromatic heterocycles. The zero-order chi connectivity index (χ0) is 54.1. The van der Waals surface area contributed by atoms with Gasteiger partial charge < -0.3 is 72.5 Å². The van der Waals surface area contributed by atoms with E-state index in [1.54, 1.807) is 0 Å². The SMILES string of the molecule is C=C1CC2CCC34CC5OC6C(OC7CCC(CC(=O)CC8C(CC9OC(CCC1O2)CC(C)C9=C)OC(CC(O)C(O)C(F)(F)F)C8OC)OC7C6O3)C5O4.CCC1OC(CC(O)C(O)C(F)(F)F)C(OC)C1C. The van der Waals surface area contributed by atoms with Crippen LogP contribution in [0.3, 0.4) is 0 Å². The number of ketones is 1. The van der Waals surface area contributed by atoms with Crippen LogP contribution >= 0.6 is 0 Å². The van der Waals surface area contributed by atoms with Crippen LogP contribution in [0.1, 0.15) is 117 Å². The molecule has 16 nitrogen and oxygen atoms in total. The van der Waals surface area contributed by atoms with Gasteiger partial charge in [0.2, 0.25) is 0 Å². The molecule has 4 N–H and O–H groups in total. The first-order valence-electron chi connectivity index (χ1n) is 27.1. The second kappa shape index (κ2) is 22.9. The Morgan fingerprint density at radius 3 is 1.88 bits per heavy atom. The molecular weight excluding hydrogens is 1010 g/mol. The third-order valence-electron chi connectivity index (χ3n) is 18.0. The van der Waals surface area contributed by atoms with Crippen LogP contribution in [-0.4, -0.2) is 193 Å². The van der Waals surface area contributed by atoms with Crippen LogP contribution in [0.25, 0.3) is 0 Å². The van der Waals surface area contributed by atoms with Crippen LogP contribution in [0.5, 0.6) is 0 Å². The van der Waals surface area contributed by atoms with Crippen molar-refractivity contribution >= 4 is 5.78 Å². The quantitative estimate of drug-likeness (QED) is 0.157. The molecule has 11 rings (SSSR count). The van der Waals surface area contributed by atoms with Crippen molar-refractivity contribution in [1.29, 1.82) is 0 Å². The molecule has 11 saturated heterocycles. The number of methoxy groups -OCH3 is 2. The van der Waals surface area contributed by atoms with E-state index in [0.29, 0.717) is 32.1 Å². The fraction of sp³-hybridized carbons (Fsp3) is 0.906. The van der Waals surface area contributed by atoms with Crippen molar-refractivity contribution in [3.63, 3.8) is 0 Å². The highest BCUT2D eigenvalue weighted by atomic mass is 19.4. The first kappa shape index (κ1) is 57.8. The van der Waals surface area contributed by atoms with E-state index in [9.17, 15) is 46.5 Å². The summed E-state index contributed by atoms with van der Waals surface area (Å²) in [7, 11) is 2.88. The number of hydrogen-bond donors (Lipinski definition) is 4. The molecule has 22 heteroatoms. The summed E-state index contributed by atoms with van der Waals surface area (Å²) in [5.74, 6) is -1.37. The summed E-state index contributed by atoms with van der Waals surface area (Å²) in [6.45, 7) is 14.7. The third kappa shape index (κ3) is 12.1. The van der Waals surface area contributed by atoms with Gasteiger partial charge in [-0.2, -0.15) is 26.3 Å². The Balaban J connectivity index is 0.000000308. The van der Waals surface area contributed by atoms with Crippen molar-refractivity contribution in [3.8, 4) is 0 Å². The van der Waals surface area contributed by atoms with E-state index in [1.807, 2.05) is 13.8 Å². The van der Waals surface area contributed by atoms with Crippen LogP contribution in [0.2, 0.25) is 0 Å². The molecule has 1 spiro atoms. The molecular formula is C53H78F6O16. The van der Waals surface area contributed by atoms with Gasteiger partial charge >= 0.3 is 12.4 Å². The molecule has 26 unspecified atom stereocenters. The van der Waals surface area contributed by atoms with E-state index >= 15 is 0 Å².